The molecule has 0 radical (unpaired) electrons. The van der Waals surface area contributed by atoms with Crippen LogP contribution in [0.15, 0.2) is 24.3 Å². The van der Waals surface area contributed by atoms with Crippen molar-refractivity contribution in [2.75, 3.05) is 13.2 Å². The van der Waals surface area contributed by atoms with Gasteiger partial charge in [0.2, 0.25) is 0 Å². The highest BCUT2D eigenvalue weighted by molar-refractivity contribution is 5.71. The van der Waals surface area contributed by atoms with Crippen molar-refractivity contribution < 1.29 is 28.6 Å². The van der Waals surface area contributed by atoms with Gasteiger partial charge in [-0.1, -0.05) is 347 Å². The fourth-order valence-electron chi connectivity index (χ4n) is 11.2. The van der Waals surface area contributed by atoms with Crippen LogP contribution >= 0.6 is 0 Å². The molecule has 0 fully saturated rings. The highest BCUT2D eigenvalue weighted by atomic mass is 16.6. The van der Waals surface area contributed by atoms with Crippen molar-refractivity contribution in [1.82, 2.24) is 0 Å². The Bertz CT molecular complexity index is 1290. The molecule has 1 atom stereocenters. The number of carbonyl (C=O) groups excluding carboxylic acids is 3. The standard InChI is InChI=1S/C74H140O6/c1-4-7-10-13-16-19-21-23-25-27-29-31-33-35-37-39-41-43-45-47-49-51-53-55-58-61-64-67-73(76)79-70-71(69-78-72(75)66-63-60-57-18-15-12-9-6-3)80-74(77)68-65-62-59-56-54-52-50-48-46-44-42-40-38-36-34-32-30-28-26-24-22-20-17-14-11-8-5-2/h27-30,71H,4-26,31-70H2,1-3H3/b29-27-,30-28-. The summed E-state index contributed by atoms with van der Waals surface area (Å²) in [7, 11) is 0. The highest BCUT2D eigenvalue weighted by Crippen LogP contribution is 2.19. The maximum absolute atomic E-state index is 12.9. The Morgan fingerprint density at radius 2 is 0.412 bits per heavy atom. The molecule has 1 unspecified atom stereocenters. The SMILES string of the molecule is CCCCCCCCCC/C=C\CCCCCCCCCCCCCCCCCC(=O)OCC(COC(=O)CCCCCCCCCC)OC(=O)CCCCCCCCCCCCCCCCC/C=C\CCCCCCCCCC. The molecule has 0 aromatic heterocycles. The minimum Gasteiger partial charge on any atom is -0.462 e. The third-order valence-electron chi connectivity index (χ3n) is 16.7. The van der Waals surface area contributed by atoms with Gasteiger partial charge in [0, 0.05) is 19.3 Å². The Morgan fingerprint density at radius 1 is 0.237 bits per heavy atom. The first-order valence-corrected chi connectivity index (χ1v) is 36.3. The van der Waals surface area contributed by atoms with E-state index in [9.17, 15) is 14.4 Å². The van der Waals surface area contributed by atoms with Gasteiger partial charge in [-0.05, 0) is 70.6 Å². The summed E-state index contributed by atoms with van der Waals surface area (Å²) in [6, 6.07) is 0. The predicted molar refractivity (Wildman–Crippen MR) is 349 cm³/mol. The average Bonchev–Trinajstić information content (AvgIpc) is 3.46. The van der Waals surface area contributed by atoms with Gasteiger partial charge < -0.3 is 14.2 Å². The molecule has 0 aliphatic carbocycles. The molecule has 0 aromatic carbocycles. The smallest absolute Gasteiger partial charge is 0.306 e. The molecule has 0 bridgehead atoms. The topological polar surface area (TPSA) is 78.9 Å². The molecular formula is C74H140O6. The summed E-state index contributed by atoms with van der Waals surface area (Å²) in [6.45, 7) is 6.69. The molecule has 0 aliphatic rings. The second-order valence-electron chi connectivity index (χ2n) is 24.9. The lowest BCUT2D eigenvalue weighted by atomic mass is 10.0. The zero-order chi connectivity index (χ0) is 57.8. The molecule has 6 nitrogen and oxygen atoms in total. The zero-order valence-electron chi connectivity index (χ0n) is 54.4. The van der Waals surface area contributed by atoms with E-state index >= 15 is 0 Å². The summed E-state index contributed by atoms with van der Waals surface area (Å²) in [4.78, 5) is 38.3. The minimum absolute atomic E-state index is 0.0650. The average molecular weight is 1130 g/mol. The van der Waals surface area contributed by atoms with Gasteiger partial charge in [0.15, 0.2) is 6.10 Å². The van der Waals surface area contributed by atoms with E-state index in [1.807, 2.05) is 0 Å². The van der Waals surface area contributed by atoms with Gasteiger partial charge in [0.05, 0.1) is 0 Å². The van der Waals surface area contributed by atoms with E-state index in [0.717, 1.165) is 57.8 Å². The Morgan fingerprint density at radius 3 is 0.625 bits per heavy atom. The van der Waals surface area contributed by atoms with Gasteiger partial charge >= 0.3 is 17.9 Å². The van der Waals surface area contributed by atoms with Crippen LogP contribution in [0.4, 0.5) is 0 Å². The number of unbranched alkanes of at least 4 members (excludes halogenated alkanes) is 53. The molecule has 0 saturated heterocycles. The Balaban J connectivity index is 4.04. The van der Waals surface area contributed by atoms with Gasteiger partial charge in [0.25, 0.3) is 0 Å². The lowest BCUT2D eigenvalue weighted by Crippen LogP contribution is -2.30. The van der Waals surface area contributed by atoms with Crippen LogP contribution in [0.2, 0.25) is 0 Å². The quantitative estimate of drug-likeness (QED) is 0.0261. The van der Waals surface area contributed by atoms with Gasteiger partial charge in [-0.25, -0.2) is 0 Å². The van der Waals surface area contributed by atoms with Crippen LogP contribution in [0.25, 0.3) is 0 Å². The van der Waals surface area contributed by atoms with Gasteiger partial charge in [-0.2, -0.15) is 0 Å². The van der Waals surface area contributed by atoms with Crippen molar-refractivity contribution in [2.45, 2.75) is 419 Å². The minimum atomic E-state index is -0.766. The number of esters is 3. The highest BCUT2D eigenvalue weighted by Gasteiger charge is 2.19. The summed E-state index contributed by atoms with van der Waals surface area (Å²) in [5.74, 6) is -0.839. The molecular weight excluding hydrogens is 985 g/mol. The molecule has 0 amide bonds. The molecule has 6 heteroatoms. The normalized spacial score (nSPS) is 12.1. The van der Waals surface area contributed by atoms with Crippen molar-refractivity contribution in [3.8, 4) is 0 Å². The molecule has 0 N–H and O–H groups in total. The van der Waals surface area contributed by atoms with Gasteiger partial charge in [-0.3, -0.25) is 14.4 Å². The molecule has 0 spiro atoms. The summed E-state index contributed by atoms with van der Waals surface area (Å²) in [6.07, 6.45) is 85.3. The van der Waals surface area contributed by atoms with E-state index in [4.69, 9.17) is 14.2 Å². The molecule has 0 aliphatic heterocycles. The first kappa shape index (κ1) is 77.9. The van der Waals surface area contributed by atoms with Crippen LogP contribution in [-0.2, 0) is 28.6 Å². The monoisotopic (exact) mass is 1130 g/mol. The number of allylic oxidation sites excluding steroid dienone is 4. The van der Waals surface area contributed by atoms with E-state index < -0.39 is 6.10 Å². The van der Waals surface area contributed by atoms with E-state index in [1.54, 1.807) is 0 Å². The molecule has 472 valence electrons. The third-order valence-corrected chi connectivity index (χ3v) is 16.7. The van der Waals surface area contributed by atoms with Crippen LogP contribution in [0, 0.1) is 0 Å². The number of ether oxygens (including phenoxy) is 3. The molecule has 0 heterocycles. The fraction of sp³-hybridized carbons (Fsp3) is 0.905. The number of rotatable bonds is 68. The number of hydrogen-bond acceptors (Lipinski definition) is 6. The van der Waals surface area contributed by atoms with Crippen molar-refractivity contribution in [1.29, 1.82) is 0 Å². The molecule has 0 saturated carbocycles. The summed E-state index contributed by atoms with van der Waals surface area (Å²) >= 11 is 0. The Labute approximate surface area is 500 Å². The second kappa shape index (κ2) is 69.4. The lowest BCUT2D eigenvalue weighted by molar-refractivity contribution is -0.167. The second-order valence-corrected chi connectivity index (χ2v) is 24.9. The maximum Gasteiger partial charge on any atom is 0.306 e. The fourth-order valence-corrected chi connectivity index (χ4v) is 11.2. The van der Waals surface area contributed by atoms with Crippen molar-refractivity contribution >= 4 is 17.9 Å². The Kier molecular flexibility index (Phi) is 67.6. The van der Waals surface area contributed by atoms with Crippen molar-refractivity contribution in [3.05, 3.63) is 24.3 Å². The molecule has 0 rings (SSSR count). The van der Waals surface area contributed by atoms with E-state index in [2.05, 4.69) is 45.1 Å². The van der Waals surface area contributed by atoms with Gasteiger partial charge in [-0.15, -0.1) is 0 Å². The summed E-state index contributed by atoms with van der Waals surface area (Å²) < 4.78 is 16.9. The summed E-state index contributed by atoms with van der Waals surface area (Å²) in [5.41, 5.74) is 0. The molecule has 80 heavy (non-hydrogen) atoms. The number of carbonyl (C=O) groups is 3. The van der Waals surface area contributed by atoms with E-state index in [1.165, 1.54) is 315 Å². The first-order valence-electron chi connectivity index (χ1n) is 36.3. The van der Waals surface area contributed by atoms with E-state index in [0.29, 0.717) is 19.3 Å². The lowest BCUT2D eigenvalue weighted by Gasteiger charge is -2.18. The predicted octanol–water partition coefficient (Wildman–Crippen LogP) is 25.0. The zero-order valence-corrected chi connectivity index (χ0v) is 54.4. The maximum atomic E-state index is 12.9. The van der Waals surface area contributed by atoms with Crippen LogP contribution < -0.4 is 0 Å². The summed E-state index contributed by atoms with van der Waals surface area (Å²) in [5, 5.41) is 0. The van der Waals surface area contributed by atoms with Crippen molar-refractivity contribution in [2.24, 2.45) is 0 Å². The molecule has 0 aromatic rings. The van der Waals surface area contributed by atoms with Gasteiger partial charge in [0.1, 0.15) is 13.2 Å². The van der Waals surface area contributed by atoms with Crippen molar-refractivity contribution in [3.63, 3.8) is 0 Å². The largest absolute Gasteiger partial charge is 0.462 e. The van der Waals surface area contributed by atoms with E-state index in [-0.39, 0.29) is 31.1 Å². The third kappa shape index (κ3) is 66.7. The first-order chi connectivity index (χ1) is 39.5. The van der Waals surface area contributed by atoms with Crippen LogP contribution in [0.3, 0.4) is 0 Å². The van der Waals surface area contributed by atoms with Crippen LogP contribution in [0.1, 0.15) is 412 Å². The van der Waals surface area contributed by atoms with Crippen LogP contribution in [-0.4, -0.2) is 37.2 Å². The number of hydrogen-bond donors (Lipinski definition) is 0. The Hall–Kier alpha value is -2.11. The van der Waals surface area contributed by atoms with Crippen LogP contribution in [0.5, 0.6) is 0 Å².